The summed E-state index contributed by atoms with van der Waals surface area (Å²) < 4.78 is 27.1. The summed E-state index contributed by atoms with van der Waals surface area (Å²) >= 11 is 0. The molecule has 0 aliphatic heterocycles. The van der Waals surface area contributed by atoms with Crippen molar-refractivity contribution in [2.75, 3.05) is 13.1 Å². The van der Waals surface area contributed by atoms with Gasteiger partial charge in [-0.3, -0.25) is 4.68 Å². The summed E-state index contributed by atoms with van der Waals surface area (Å²) in [5.41, 5.74) is 0.546. The van der Waals surface area contributed by atoms with Gasteiger partial charge in [-0.2, -0.15) is 9.40 Å². The van der Waals surface area contributed by atoms with Gasteiger partial charge in [0.1, 0.15) is 4.90 Å². The minimum atomic E-state index is -3.36. The van der Waals surface area contributed by atoms with E-state index in [0.717, 1.165) is 0 Å². The molecule has 0 aliphatic carbocycles. The van der Waals surface area contributed by atoms with Crippen molar-refractivity contribution in [3.05, 3.63) is 11.9 Å². The van der Waals surface area contributed by atoms with Crippen LogP contribution in [0, 0.1) is 6.92 Å². The van der Waals surface area contributed by atoms with Gasteiger partial charge in [0, 0.05) is 26.3 Å². The standard InChI is InChI=1S/C9H17N3O2S/c1-5-12(6-2)15(13,14)9-7-11(4)10-8(9)3/h7H,5-6H2,1-4H3. The van der Waals surface area contributed by atoms with Crippen LogP contribution in [0.15, 0.2) is 11.1 Å². The largest absolute Gasteiger partial charge is 0.274 e. The number of aromatic nitrogens is 2. The van der Waals surface area contributed by atoms with Crippen molar-refractivity contribution in [2.45, 2.75) is 25.7 Å². The summed E-state index contributed by atoms with van der Waals surface area (Å²) in [6, 6.07) is 0. The molecule has 0 amide bonds. The molecule has 0 radical (unpaired) electrons. The van der Waals surface area contributed by atoms with Crippen LogP contribution in [0.1, 0.15) is 19.5 Å². The van der Waals surface area contributed by atoms with Crippen LogP contribution in [-0.4, -0.2) is 35.6 Å². The third kappa shape index (κ3) is 2.21. The maximum atomic E-state index is 12.1. The number of rotatable bonds is 4. The minimum Gasteiger partial charge on any atom is -0.274 e. The van der Waals surface area contributed by atoms with Crippen LogP contribution >= 0.6 is 0 Å². The van der Waals surface area contributed by atoms with Crippen LogP contribution in [0.25, 0.3) is 0 Å². The molecule has 1 heterocycles. The molecule has 1 aromatic rings. The Balaban J connectivity index is 3.22. The lowest BCUT2D eigenvalue weighted by Gasteiger charge is -2.17. The Bertz CT molecular complexity index is 432. The molecule has 0 spiro atoms. The zero-order valence-electron chi connectivity index (χ0n) is 9.56. The first-order valence-corrected chi connectivity index (χ1v) is 6.37. The lowest BCUT2D eigenvalue weighted by Crippen LogP contribution is -2.30. The third-order valence-corrected chi connectivity index (χ3v) is 4.44. The molecule has 0 aliphatic rings. The van der Waals surface area contributed by atoms with Gasteiger partial charge < -0.3 is 0 Å². The first-order chi connectivity index (χ1) is 6.93. The summed E-state index contributed by atoms with van der Waals surface area (Å²) in [6.07, 6.45) is 1.54. The van der Waals surface area contributed by atoms with E-state index in [-0.39, 0.29) is 0 Å². The number of hydrogen-bond donors (Lipinski definition) is 0. The maximum absolute atomic E-state index is 12.1. The van der Waals surface area contributed by atoms with Crippen LogP contribution in [0.3, 0.4) is 0 Å². The lowest BCUT2D eigenvalue weighted by molar-refractivity contribution is 0.445. The van der Waals surface area contributed by atoms with Crippen LogP contribution in [0.4, 0.5) is 0 Å². The van der Waals surface area contributed by atoms with Crippen LogP contribution in [0.5, 0.6) is 0 Å². The predicted octanol–water partition coefficient (Wildman–Crippen LogP) is 0.759. The molecule has 1 aromatic heterocycles. The second-order valence-electron chi connectivity index (χ2n) is 3.34. The van der Waals surface area contributed by atoms with Gasteiger partial charge in [0.25, 0.3) is 0 Å². The average Bonchev–Trinajstić information content (AvgIpc) is 2.47. The van der Waals surface area contributed by atoms with Gasteiger partial charge in [-0.1, -0.05) is 13.8 Å². The number of nitrogens with zero attached hydrogens (tertiary/aromatic N) is 3. The van der Waals surface area contributed by atoms with E-state index in [1.54, 1.807) is 20.2 Å². The number of sulfonamides is 1. The van der Waals surface area contributed by atoms with Crippen molar-refractivity contribution >= 4 is 10.0 Å². The highest BCUT2D eigenvalue weighted by Crippen LogP contribution is 2.17. The van der Waals surface area contributed by atoms with Gasteiger partial charge in [-0.05, 0) is 6.92 Å². The van der Waals surface area contributed by atoms with Crippen molar-refractivity contribution in [3.63, 3.8) is 0 Å². The van der Waals surface area contributed by atoms with Gasteiger partial charge in [-0.15, -0.1) is 0 Å². The highest BCUT2D eigenvalue weighted by molar-refractivity contribution is 7.89. The Morgan fingerprint density at radius 1 is 1.40 bits per heavy atom. The summed E-state index contributed by atoms with van der Waals surface area (Å²) in [5, 5.41) is 4.04. The zero-order valence-corrected chi connectivity index (χ0v) is 10.4. The maximum Gasteiger partial charge on any atom is 0.246 e. The molecule has 0 unspecified atom stereocenters. The first kappa shape index (κ1) is 12.2. The molecule has 86 valence electrons. The lowest BCUT2D eigenvalue weighted by atomic mass is 10.5. The predicted molar refractivity (Wildman–Crippen MR) is 58.1 cm³/mol. The number of hydrogen-bond acceptors (Lipinski definition) is 3. The molecule has 15 heavy (non-hydrogen) atoms. The first-order valence-electron chi connectivity index (χ1n) is 4.93. The Hall–Kier alpha value is -0.880. The molecule has 0 bridgehead atoms. The van der Waals surface area contributed by atoms with Crippen molar-refractivity contribution in [2.24, 2.45) is 7.05 Å². The van der Waals surface area contributed by atoms with E-state index in [0.29, 0.717) is 23.7 Å². The molecule has 5 nitrogen and oxygen atoms in total. The molecule has 0 saturated carbocycles. The topological polar surface area (TPSA) is 55.2 Å². The van der Waals surface area contributed by atoms with E-state index in [1.165, 1.54) is 8.99 Å². The second-order valence-corrected chi connectivity index (χ2v) is 5.25. The molecule has 0 fully saturated rings. The van der Waals surface area contributed by atoms with Gasteiger partial charge in [0.05, 0.1) is 5.69 Å². The fourth-order valence-electron chi connectivity index (χ4n) is 1.53. The van der Waals surface area contributed by atoms with E-state index >= 15 is 0 Å². The molecule has 1 rings (SSSR count). The van der Waals surface area contributed by atoms with E-state index in [2.05, 4.69) is 5.10 Å². The van der Waals surface area contributed by atoms with Crippen molar-refractivity contribution in [3.8, 4) is 0 Å². The third-order valence-electron chi connectivity index (χ3n) is 2.29. The quantitative estimate of drug-likeness (QED) is 0.768. The van der Waals surface area contributed by atoms with Crippen LogP contribution in [0.2, 0.25) is 0 Å². The van der Waals surface area contributed by atoms with Crippen LogP contribution in [-0.2, 0) is 17.1 Å². The van der Waals surface area contributed by atoms with E-state index < -0.39 is 10.0 Å². The molecule has 0 atom stereocenters. The Kier molecular flexibility index (Phi) is 3.51. The fourth-order valence-corrected chi connectivity index (χ4v) is 3.19. The van der Waals surface area contributed by atoms with Crippen LogP contribution < -0.4 is 0 Å². The smallest absolute Gasteiger partial charge is 0.246 e. The van der Waals surface area contributed by atoms with E-state index in [4.69, 9.17) is 0 Å². The SMILES string of the molecule is CCN(CC)S(=O)(=O)c1cn(C)nc1C. The molecular formula is C9H17N3O2S. The minimum absolute atomic E-state index is 0.300. The Morgan fingerprint density at radius 3 is 2.27 bits per heavy atom. The summed E-state index contributed by atoms with van der Waals surface area (Å²) in [5.74, 6) is 0. The molecule has 6 heteroatoms. The highest BCUT2D eigenvalue weighted by atomic mass is 32.2. The molecule has 0 aromatic carbocycles. The molecule has 0 saturated heterocycles. The summed E-state index contributed by atoms with van der Waals surface area (Å²) in [4.78, 5) is 0.300. The second kappa shape index (κ2) is 4.32. The van der Waals surface area contributed by atoms with Gasteiger partial charge in [0.2, 0.25) is 10.0 Å². The Labute approximate surface area is 90.7 Å². The van der Waals surface area contributed by atoms with Crippen molar-refractivity contribution in [1.29, 1.82) is 0 Å². The highest BCUT2D eigenvalue weighted by Gasteiger charge is 2.25. The summed E-state index contributed by atoms with van der Waals surface area (Å²) in [6.45, 7) is 6.32. The monoisotopic (exact) mass is 231 g/mol. The van der Waals surface area contributed by atoms with Crippen molar-refractivity contribution < 1.29 is 8.42 Å². The molecular weight excluding hydrogens is 214 g/mol. The van der Waals surface area contributed by atoms with Gasteiger partial charge in [0.15, 0.2) is 0 Å². The van der Waals surface area contributed by atoms with Crippen molar-refractivity contribution in [1.82, 2.24) is 14.1 Å². The van der Waals surface area contributed by atoms with Gasteiger partial charge >= 0.3 is 0 Å². The fraction of sp³-hybridized carbons (Fsp3) is 0.667. The Morgan fingerprint density at radius 2 is 1.93 bits per heavy atom. The van der Waals surface area contributed by atoms with E-state index in [1.807, 2.05) is 13.8 Å². The normalized spacial score (nSPS) is 12.3. The molecule has 0 N–H and O–H groups in total. The summed E-state index contributed by atoms with van der Waals surface area (Å²) in [7, 11) is -1.64. The number of aryl methyl sites for hydroxylation is 2. The zero-order chi connectivity index (χ0) is 11.6. The van der Waals surface area contributed by atoms with Gasteiger partial charge in [-0.25, -0.2) is 8.42 Å². The average molecular weight is 231 g/mol. The van der Waals surface area contributed by atoms with E-state index in [9.17, 15) is 8.42 Å².